The van der Waals surface area contributed by atoms with E-state index in [0.717, 1.165) is 10.5 Å². The Morgan fingerprint density at radius 3 is 1.91 bits per heavy atom. The van der Waals surface area contributed by atoms with Crippen LogP contribution in [0.2, 0.25) is 0 Å². The van der Waals surface area contributed by atoms with Crippen molar-refractivity contribution in [3.05, 3.63) is 71.8 Å². The predicted molar refractivity (Wildman–Crippen MR) is 244 cm³/mol. The van der Waals surface area contributed by atoms with Gasteiger partial charge >= 0.3 is 5.97 Å². The van der Waals surface area contributed by atoms with Gasteiger partial charge in [0.25, 0.3) is 0 Å². The monoisotopic (exact) mass is 902 g/mol. The second-order valence-electron chi connectivity index (χ2n) is 19.2. The van der Waals surface area contributed by atoms with E-state index in [1.54, 1.807) is 58.9 Å². The lowest BCUT2D eigenvalue weighted by Crippen LogP contribution is -2.61. The zero-order valence-electron chi connectivity index (χ0n) is 39.7. The molecule has 15 heteroatoms. The number of aliphatic hydroxyl groups is 1. The lowest BCUT2D eigenvalue weighted by atomic mass is 9.85. The number of nitrogens with zero attached hydrogens (tertiary/aromatic N) is 2. The average molecular weight is 902 g/mol. The van der Waals surface area contributed by atoms with E-state index in [4.69, 9.17) is 4.74 Å². The number of piperidine rings is 1. The maximum atomic E-state index is 14.7. The molecule has 65 heavy (non-hydrogen) atoms. The number of Topliss-reactive ketones (excluding diaryl/α,β-unsaturated/α-hetero) is 2. The molecule has 4 rings (SSSR count). The number of hydrogen-bond donors (Lipinski definition) is 4. The van der Waals surface area contributed by atoms with Gasteiger partial charge in [-0.2, -0.15) is 0 Å². The Balaban J connectivity index is 1.75. The Morgan fingerprint density at radius 1 is 0.769 bits per heavy atom. The minimum Gasteiger partial charge on any atom is -0.460 e. The molecule has 4 N–H and O–H groups in total. The number of carbonyl (C=O) groups is 8. The summed E-state index contributed by atoms with van der Waals surface area (Å²) in [7, 11) is 1.46. The summed E-state index contributed by atoms with van der Waals surface area (Å²) < 4.78 is 5.96. The SMILES string of the molecule is CC(C)C[C@H]1C(=O)N(C)[C@@H](Cc2ccccc2)C(=O)N[C@@H](C(C)C)C(=O)O[C@H](C)[C@H](CC(=O)[C@H](C)NC(=O)[C@@H](C)Cc2ccccc2)C(=O)N[C@@H](C(C)C)C(=O)C[C@H]2CC[C@@H](O)N1C2=O. The van der Waals surface area contributed by atoms with E-state index in [9.17, 15) is 43.5 Å². The number of fused-ring (bicyclic) bond motifs is 2. The zero-order chi connectivity index (χ0) is 48.3. The fourth-order valence-corrected chi connectivity index (χ4v) is 8.63. The van der Waals surface area contributed by atoms with Crippen LogP contribution in [0.3, 0.4) is 0 Å². The van der Waals surface area contributed by atoms with Crippen molar-refractivity contribution in [1.82, 2.24) is 25.8 Å². The van der Waals surface area contributed by atoms with E-state index in [-0.39, 0.29) is 43.9 Å². The minimum absolute atomic E-state index is 0.0356. The summed E-state index contributed by atoms with van der Waals surface area (Å²) in [6.07, 6.45) is -2.56. The van der Waals surface area contributed by atoms with E-state index in [1.165, 1.54) is 25.8 Å². The predicted octanol–water partition coefficient (Wildman–Crippen LogP) is 4.17. The van der Waals surface area contributed by atoms with Crippen LogP contribution < -0.4 is 16.0 Å². The quantitative estimate of drug-likeness (QED) is 0.211. The van der Waals surface area contributed by atoms with Crippen molar-refractivity contribution in [2.75, 3.05) is 7.05 Å². The summed E-state index contributed by atoms with van der Waals surface area (Å²) in [6, 6.07) is 12.6. The fraction of sp³-hybridized carbons (Fsp3) is 0.600. The molecule has 2 aliphatic heterocycles. The van der Waals surface area contributed by atoms with Crippen LogP contribution in [0.1, 0.15) is 106 Å². The van der Waals surface area contributed by atoms with Crippen molar-refractivity contribution in [2.45, 2.75) is 150 Å². The first-order chi connectivity index (χ1) is 30.6. The highest BCUT2D eigenvalue weighted by atomic mass is 16.5. The van der Waals surface area contributed by atoms with Crippen molar-refractivity contribution in [1.29, 1.82) is 0 Å². The van der Waals surface area contributed by atoms with Gasteiger partial charge in [0.05, 0.1) is 18.0 Å². The van der Waals surface area contributed by atoms with Crippen LogP contribution in [-0.2, 0) is 55.9 Å². The highest BCUT2D eigenvalue weighted by molar-refractivity contribution is 5.98. The number of carbonyl (C=O) groups excluding carboxylic acids is 8. The molecule has 15 nitrogen and oxygen atoms in total. The third kappa shape index (κ3) is 14.0. The number of hydrogen-bond acceptors (Lipinski definition) is 10. The van der Waals surface area contributed by atoms with Gasteiger partial charge in [0.1, 0.15) is 30.5 Å². The van der Waals surface area contributed by atoms with E-state index in [0.29, 0.717) is 12.0 Å². The summed E-state index contributed by atoms with van der Waals surface area (Å²) in [5.74, 6) is -8.80. The van der Waals surface area contributed by atoms with E-state index in [1.807, 2.05) is 50.2 Å². The molecule has 0 aliphatic carbocycles. The maximum Gasteiger partial charge on any atom is 0.329 e. The van der Waals surface area contributed by atoms with Crippen LogP contribution in [-0.4, -0.2) is 112 Å². The number of ether oxygens (including phenoxy) is 1. The van der Waals surface area contributed by atoms with Crippen LogP contribution in [0, 0.1) is 35.5 Å². The number of rotatable bonds is 13. The van der Waals surface area contributed by atoms with Gasteiger partial charge in [0.2, 0.25) is 29.5 Å². The molecule has 0 spiro atoms. The summed E-state index contributed by atoms with van der Waals surface area (Å²) in [4.78, 5) is 116. The van der Waals surface area contributed by atoms with Crippen molar-refractivity contribution >= 4 is 47.1 Å². The first-order valence-corrected chi connectivity index (χ1v) is 23.1. The van der Waals surface area contributed by atoms with Crippen LogP contribution in [0.25, 0.3) is 0 Å². The van der Waals surface area contributed by atoms with Crippen molar-refractivity contribution in [2.24, 2.45) is 35.5 Å². The van der Waals surface area contributed by atoms with Gasteiger partial charge in [0.15, 0.2) is 11.6 Å². The topological polar surface area (TPSA) is 209 Å². The molecule has 0 unspecified atom stereocenters. The molecule has 2 aromatic carbocycles. The van der Waals surface area contributed by atoms with Gasteiger partial charge in [-0.15, -0.1) is 0 Å². The Kier molecular flexibility index (Phi) is 19.0. The summed E-state index contributed by atoms with van der Waals surface area (Å²) >= 11 is 0. The molecule has 0 aromatic heterocycles. The van der Waals surface area contributed by atoms with Crippen molar-refractivity contribution in [3.63, 3.8) is 0 Å². The zero-order valence-corrected chi connectivity index (χ0v) is 39.7. The molecule has 2 saturated heterocycles. The Morgan fingerprint density at radius 2 is 1.34 bits per heavy atom. The molecule has 0 saturated carbocycles. The first-order valence-electron chi connectivity index (χ1n) is 23.1. The molecular weight excluding hydrogens is 831 g/mol. The van der Waals surface area contributed by atoms with Gasteiger partial charge in [-0.05, 0) is 68.4 Å². The van der Waals surface area contributed by atoms with E-state index < -0.39 is 120 Å². The summed E-state index contributed by atoms with van der Waals surface area (Å²) in [6.45, 7) is 15.3. The number of likely N-dealkylation sites (N-methyl/N-ethyl adjacent to an activating group) is 1. The molecule has 356 valence electrons. The van der Waals surface area contributed by atoms with Gasteiger partial charge in [-0.25, -0.2) is 4.79 Å². The Hall–Kier alpha value is -5.44. The third-order valence-corrected chi connectivity index (χ3v) is 12.7. The van der Waals surface area contributed by atoms with Crippen LogP contribution in [0.4, 0.5) is 0 Å². The molecule has 2 heterocycles. The lowest BCUT2D eigenvalue weighted by Gasteiger charge is -2.43. The molecular formula is C50H71N5O10. The number of aliphatic hydroxyl groups excluding tert-OH is 1. The van der Waals surface area contributed by atoms with Gasteiger partial charge < -0.3 is 35.6 Å². The number of cyclic esters (lactones) is 1. The Bertz CT molecular complexity index is 1990. The smallest absolute Gasteiger partial charge is 0.329 e. The number of ketones is 2. The number of amides is 5. The second-order valence-corrected chi connectivity index (χ2v) is 19.2. The van der Waals surface area contributed by atoms with Crippen LogP contribution in [0.5, 0.6) is 0 Å². The highest BCUT2D eigenvalue weighted by Gasteiger charge is 2.46. The normalized spacial score (nSPS) is 26.4. The van der Waals surface area contributed by atoms with Crippen molar-refractivity contribution < 1.29 is 48.2 Å². The summed E-state index contributed by atoms with van der Waals surface area (Å²) in [5.41, 5.74) is 1.66. The van der Waals surface area contributed by atoms with E-state index in [2.05, 4.69) is 16.0 Å². The van der Waals surface area contributed by atoms with E-state index >= 15 is 0 Å². The van der Waals surface area contributed by atoms with Gasteiger partial charge in [0, 0.05) is 38.1 Å². The number of benzene rings is 2. The highest BCUT2D eigenvalue weighted by Crippen LogP contribution is 2.31. The summed E-state index contributed by atoms with van der Waals surface area (Å²) in [5, 5.41) is 19.8. The van der Waals surface area contributed by atoms with Crippen molar-refractivity contribution in [3.8, 4) is 0 Å². The van der Waals surface area contributed by atoms with Crippen LogP contribution in [0.15, 0.2) is 60.7 Å². The van der Waals surface area contributed by atoms with Gasteiger partial charge in [-0.1, -0.05) is 109 Å². The van der Waals surface area contributed by atoms with Gasteiger partial charge in [-0.3, -0.25) is 33.6 Å². The number of nitrogens with one attached hydrogen (secondary N) is 3. The average Bonchev–Trinajstić information content (AvgIpc) is 3.25. The minimum atomic E-state index is -1.35. The third-order valence-electron chi connectivity index (χ3n) is 12.7. The molecule has 2 fully saturated rings. The van der Waals surface area contributed by atoms with Crippen LogP contribution >= 0.6 is 0 Å². The molecule has 2 aliphatic rings. The number of esters is 1. The first kappa shape index (κ1) is 52.2. The Labute approximate surface area is 384 Å². The molecule has 2 aromatic rings. The largest absolute Gasteiger partial charge is 0.460 e. The second kappa shape index (κ2) is 23.7. The maximum absolute atomic E-state index is 14.7. The standard InChI is InChI=1S/C50H71N5O10/c1-28(2)23-39-49(63)54(10)38(25-35-19-15-12-16-20-35)47(61)53-44(30(5)6)50(64)65-33(9)37(27-40(56)32(8)51-45(59)31(7)24-34-17-13-11-14-18-34)46(60)52-43(29(3)4)41(57)26-36-21-22-42(58)55(39)48(36)62/h11-20,28-33,36-39,42-44,58H,21-27H2,1-10H3,(H,51,59)(H,52,60)(H,53,61)/t31-,32-,33+,36+,37-,38-,39-,42+,43-,44-/m0/s1. The fourth-order valence-electron chi connectivity index (χ4n) is 8.63. The lowest BCUT2D eigenvalue weighted by molar-refractivity contribution is -0.168. The molecule has 2 bridgehead atoms. The molecule has 0 radical (unpaired) electrons. The molecule has 5 amide bonds. The molecule has 10 atom stereocenters.